The fourth-order valence-corrected chi connectivity index (χ4v) is 6.19. The molecule has 0 radical (unpaired) electrons. The van der Waals surface area contributed by atoms with Crippen molar-refractivity contribution < 1.29 is 22.7 Å². The van der Waals surface area contributed by atoms with E-state index in [1.165, 1.54) is 31.6 Å². The zero-order valence-electron chi connectivity index (χ0n) is 23.1. The number of para-hydroxylation sites is 1. The molecule has 10 nitrogen and oxygen atoms in total. The van der Waals surface area contributed by atoms with Crippen LogP contribution < -0.4 is 18.7 Å². The third-order valence-electron chi connectivity index (χ3n) is 7.01. The smallest absolute Gasteiger partial charge is 0.270 e. The van der Waals surface area contributed by atoms with Gasteiger partial charge in [0.15, 0.2) is 12.4 Å². The molecule has 42 heavy (non-hydrogen) atoms. The largest absolute Gasteiger partial charge is 0.619 e. The highest BCUT2D eigenvalue weighted by Gasteiger charge is 2.33. The van der Waals surface area contributed by atoms with Crippen LogP contribution in [-0.2, 0) is 14.8 Å². The zero-order chi connectivity index (χ0) is 29.5. The molecule has 0 spiro atoms. The highest BCUT2D eigenvalue weighted by molar-refractivity contribution is 7.93. The van der Waals surface area contributed by atoms with E-state index in [0.29, 0.717) is 42.2 Å². The summed E-state index contributed by atoms with van der Waals surface area (Å²) in [7, 11) is -2.79. The number of anilines is 2. The SMILES string of the molecule is COc1ccc(S(=O)(=O)N(C(=O)CN2CCN(c3cccnc3)CC2)c2ccccc2/C=C/c2cc[n+]([O-])cc2)cc1. The summed E-state index contributed by atoms with van der Waals surface area (Å²) in [4.78, 5) is 22.3. The van der Waals surface area contributed by atoms with Gasteiger partial charge in [-0.2, -0.15) is 4.73 Å². The van der Waals surface area contributed by atoms with E-state index in [2.05, 4.69) is 9.88 Å². The van der Waals surface area contributed by atoms with Crippen LogP contribution in [0, 0.1) is 5.21 Å². The van der Waals surface area contributed by atoms with Crippen molar-refractivity contribution in [2.75, 3.05) is 49.0 Å². The monoisotopic (exact) mass is 585 g/mol. The normalized spacial score (nSPS) is 14.2. The molecular weight excluding hydrogens is 554 g/mol. The van der Waals surface area contributed by atoms with Crippen molar-refractivity contribution in [3.63, 3.8) is 0 Å². The number of carbonyl (C=O) groups is 1. The molecule has 0 aliphatic carbocycles. The van der Waals surface area contributed by atoms with Gasteiger partial charge >= 0.3 is 0 Å². The molecule has 1 fully saturated rings. The molecule has 0 unspecified atom stereocenters. The first-order valence-electron chi connectivity index (χ1n) is 13.4. The Morgan fingerprint density at radius 2 is 1.69 bits per heavy atom. The van der Waals surface area contributed by atoms with E-state index in [9.17, 15) is 18.4 Å². The fraction of sp³-hybridized carbons (Fsp3) is 0.194. The molecule has 1 aliphatic rings. The number of sulfonamides is 1. The molecule has 0 bridgehead atoms. The van der Waals surface area contributed by atoms with Crippen molar-refractivity contribution in [2.45, 2.75) is 4.90 Å². The molecule has 0 N–H and O–H groups in total. The van der Waals surface area contributed by atoms with Crippen LogP contribution in [0.25, 0.3) is 12.2 Å². The maximum absolute atomic E-state index is 14.1. The topological polar surface area (TPSA) is 110 Å². The summed E-state index contributed by atoms with van der Waals surface area (Å²) in [6.07, 6.45) is 9.79. The molecule has 0 saturated carbocycles. The lowest BCUT2D eigenvalue weighted by Crippen LogP contribution is -2.51. The lowest BCUT2D eigenvalue weighted by Gasteiger charge is -2.36. The molecule has 2 aromatic heterocycles. The number of hydrogen-bond acceptors (Lipinski definition) is 8. The molecule has 1 saturated heterocycles. The average molecular weight is 586 g/mol. The summed E-state index contributed by atoms with van der Waals surface area (Å²) in [5.74, 6) is -0.0579. The van der Waals surface area contributed by atoms with Crippen molar-refractivity contribution in [3.05, 3.63) is 114 Å². The van der Waals surface area contributed by atoms with Crippen LogP contribution in [0.1, 0.15) is 11.1 Å². The molecule has 216 valence electrons. The van der Waals surface area contributed by atoms with Crippen LogP contribution >= 0.6 is 0 Å². The second-order valence-electron chi connectivity index (χ2n) is 9.70. The first-order chi connectivity index (χ1) is 20.3. The van der Waals surface area contributed by atoms with Gasteiger partial charge in [0.25, 0.3) is 15.9 Å². The van der Waals surface area contributed by atoms with Crippen molar-refractivity contribution in [3.8, 4) is 5.75 Å². The Balaban J connectivity index is 1.45. The van der Waals surface area contributed by atoms with Gasteiger partial charge in [-0.15, -0.1) is 0 Å². The molecule has 5 rings (SSSR count). The van der Waals surface area contributed by atoms with Crippen LogP contribution in [0.3, 0.4) is 0 Å². The number of rotatable bonds is 9. The van der Waals surface area contributed by atoms with E-state index < -0.39 is 15.9 Å². The van der Waals surface area contributed by atoms with Gasteiger partial charge in [-0.25, -0.2) is 12.7 Å². The Morgan fingerprint density at radius 1 is 0.976 bits per heavy atom. The molecule has 3 heterocycles. The van der Waals surface area contributed by atoms with Gasteiger partial charge in [-0.05, 0) is 53.6 Å². The van der Waals surface area contributed by atoms with Gasteiger partial charge in [0, 0.05) is 44.5 Å². The Kier molecular flexibility index (Phi) is 8.80. The predicted octanol–water partition coefficient (Wildman–Crippen LogP) is 3.44. The van der Waals surface area contributed by atoms with Crippen molar-refractivity contribution >= 4 is 39.5 Å². The summed E-state index contributed by atoms with van der Waals surface area (Å²) in [5.41, 5.74) is 2.53. The van der Waals surface area contributed by atoms with E-state index in [4.69, 9.17) is 4.74 Å². The van der Waals surface area contributed by atoms with Gasteiger partial charge in [-0.3, -0.25) is 14.7 Å². The number of hydrogen-bond donors (Lipinski definition) is 0. The fourth-order valence-electron chi connectivity index (χ4n) is 4.75. The summed E-state index contributed by atoms with van der Waals surface area (Å²) in [5, 5.41) is 11.4. The number of ether oxygens (including phenoxy) is 1. The van der Waals surface area contributed by atoms with Crippen LogP contribution in [0.15, 0.2) is 102 Å². The Hall–Kier alpha value is -4.74. The van der Waals surface area contributed by atoms with Crippen molar-refractivity contribution in [1.82, 2.24) is 9.88 Å². The third kappa shape index (κ3) is 6.59. The first-order valence-corrected chi connectivity index (χ1v) is 14.8. The number of aromatic nitrogens is 2. The molecule has 4 aromatic rings. The van der Waals surface area contributed by atoms with Crippen molar-refractivity contribution in [2.24, 2.45) is 0 Å². The van der Waals surface area contributed by atoms with Crippen LogP contribution in [0.4, 0.5) is 11.4 Å². The second-order valence-corrected chi connectivity index (χ2v) is 11.5. The number of nitrogens with zero attached hydrogens (tertiary/aromatic N) is 5. The number of pyridine rings is 2. The van der Waals surface area contributed by atoms with E-state index >= 15 is 0 Å². The van der Waals surface area contributed by atoms with Gasteiger partial charge in [0.05, 0.1) is 36.1 Å². The minimum absolute atomic E-state index is 0.0279. The standard InChI is InChI=1S/C31H31N5O5S/c1-41-28-10-12-29(13-11-28)42(39,40)36(30-7-3-2-5-26(30)9-8-25-14-17-35(38)18-15-25)31(37)24-33-19-21-34(22-20-33)27-6-4-16-32-23-27/h2-18,23H,19-22,24H2,1H3/b9-8+. The van der Waals surface area contributed by atoms with Crippen LogP contribution in [-0.4, -0.2) is 64.0 Å². The van der Waals surface area contributed by atoms with Gasteiger partial charge in [-0.1, -0.05) is 30.4 Å². The zero-order valence-corrected chi connectivity index (χ0v) is 23.9. The predicted molar refractivity (Wildman–Crippen MR) is 161 cm³/mol. The number of amides is 1. The van der Waals surface area contributed by atoms with Gasteiger partial charge < -0.3 is 14.8 Å². The molecular formula is C31H31N5O5S. The summed E-state index contributed by atoms with van der Waals surface area (Å²) >= 11 is 0. The highest BCUT2D eigenvalue weighted by atomic mass is 32.2. The molecule has 0 atom stereocenters. The maximum atomic E-state index is 14.1. The quantitative estimate of drug-likeness (QED) is 0.217. The number of benzene rings is 2. The summed E-state index contributed by atoms with van der Waals surface area (Å²) in [6.45, 7) is 2.48. The van der Waals surface area contributed by atoms with Gasteiger partial charge in [0.1, 0.15) is 5.75 Å². The lowest BCUT2D eigenvalue weighted by atomic mass is 10.1. The molecule has 11 heteroatoms. The molecule has 1 amide bonds. The van der Waals surface area contributed by atoms with E-state index in [1.54, 1.807) is 66.9 Å². The molecule has 2 aromatic carbocycles. The number of methoxy groups -OCH3 is 1. The Bertz CT molecular complexity index is 1640. The van der Waals surface area contributed by atoms with Gasteiger partial charge in [0.2, 0.25) is 0 Å². The number of carbonyl (C=O) groups excluding carboxylic acids is 1. The Labute approximate surface area is 245 Å². The minimum Gasteiger partial charge on any atom is -0.619 e. The number of piperazine rings is 1. The van der Waals surface area contributed by atoms with Crippen LogP contribution in [0.5, 0.6) is 5.75 Å². The summed E-state index contributed by atoms with van der Waals surface area (Å²) in [6, 6.07) is 20.0. The maximum Gasteiger partial charge on any atom is 0.270 e. The summed E-state index contributed by atoms with van der Waals surface area (Å²) < 4.78 is 35.0. The van der Waals surface area contributed by atoms with Crippen LogP contribution in [0.2, 0.25) is 0 Å². The average Bonchev–Trinajstić information content (AvgIpc) is 3.02. The Morgan fingerprint density at radius 3 is 2.36 bits per heavy atom. The highest BCUT2D eigenvalue weighted by Crippen LogP contribution is 2.30. The first kappa shape index (κ1) is 28.8. The molecule has 1 aliphatic heterocycles. The third-order valence-corrected chi connectivity index (χ3v) is 8.75. The minimum atomic E-state index is -4.29. The van der Waals surface area contributed by atoms with Crippen molar-refractivity contribution in [1.29, 1.82) is 0 Å². The second kappa shape index (κ2) is 12.8. The van der Waals surface area contributed by atoms with E-state index in [0.717, 1.165) is 15.6 Å². The van der Waals surface area contributed by atoms with E-state index in [1.807, 2.05) is 23.2 Å². The lowest BCUT2D eigenvalue weighted by molar-refractivity contribution is -0.605. The van der Waals surface area contributed by atoms with E-state index in [-0.39, 0.29) is 17.1 Å².